The Labute approximate surface area is 124 Å². The number of rotatable bonds is 5. The molecule has 4 heteroatoms. The van der Waals surface area contributed by atoms with Crippen molar-refractivity contribution < 1.29 is 13.2 Å². The van der Waals surface area contributed by atoms with Gasteiger partial charge in [-0.05, 0) is 30.7 Å². The van der Waals surface area contributed by atoms with Gasteiger partial charge in [-0.3, -0.25) is 4.79 Å². The average molecular weight is 300 g/mol. The van der Waals surface area contributed by atoms with Crippen molar-refractivity contribution in [1.82, 2.24) is 0 Å². The molecule has 0 heterocycles. The normalized spacial score (nSPS) is 11.7. The first-order chi connectivity index (χ1) is 9.97. The fourth-order valence-corrected chi connectivity index (χ4v) is 3.01. The number of hydrogen-bond acceptors (Lipinski definition) is 3. The predicted molar refractivity (Wildman–Crippen MR) is 83.7 cm³/mol. The first kappa shape index (κ1) is 15.2. The average Bonchev–Trinajstić information content (AvgIpc) is 2.46. The van der Waals surface area contributed by atoms with Crippen molar-refractivity contribution in [3.05, 3.63) is 71.8 Å². The summed E-state index contributed by atoms with van der Waals surface area (Å²) >= 11 is 0. The Kier molecular flexibility index (Phi) is 4.70. The molecule has 0 saturated carbocycles. The van der Waals surface area contributed by atoms with Crippen LogP contribution in [0.2, 0.25) is 0 Å². The Hall–Kier alpha value is -2.20. The molecule has 0 aliphatic rings. The van der Waals surface area contributed by atoms with Crippen LogP contribution in [-0.2, 0) is 14.6 Å². The summed E-state index contributed by atoms with van der Waals surface area (Å²) in [6.45, 7) is 1.88. The van der Waals surface area contributed by atoms with Gasteiger partial charge in [0.1, 0.15) is 5.75 Å². The lowest BCUT2D eigenvalue weighted by molar-refractivity contribution is -0.112. The SMILES string of the molecule is Cc1ccc(S(=O)(=O)CC(=O)C=Cc2ccccc2)cc1. The minimum Gasteiger partial charge on any atom is -0.294 e. The molecule has 0 radical (unpaired) electrons. The van der Waals surface area contributed by atoms with E-state index in [1.54, 1.807) is 18.2 Å². The van der Waals surface area contributed by atoms with Crippen molar-refractivity contribution in [1.29, 1.82) is 0 Å². The standard InChI is InChI=1S/C17H16O3S/c1-14-7-11-17(12-8-14)21(19,20)13-16(18)10-9-15-5-3-2-4-6-15/h2-12H,13H2,1H3. The summed E-state index contributed by atoms with van der Waals surface area (Å²) in [5.41, 5.74) is 1.84. The summed E-state index contributed by atoms with van der Waals surface area (Å²) in [4.78, 5) is 12.0. The summed E-state index contributed by atoms with van der Waals surface area (Å²) in [6.07, 6.45) is 2.92. The fourth-order valence-electron chi connectivity index (χ4n) is 1.82. The van der Waals surface area contributed by atoms with Gasteiger partial charge in [-0.1, -0.05) is 54.1 Å². The molecule has 0 amide bonds. The summed E-state index contributed by atoms with van der Waals surface area (Å²) in [7, 11) is -3.58. The third-order valence-electron chi connectivity index (χ3n) is 2.97. The minimum atomic E-state index is -3.58. The van der Waals surface area contributed by atoms with E-state index in [2.05, 4.69) is 0 Å². The number of ketones is 1. The van der Waals surface area contributed by atoms with Gasteiger partial charge in [0.15, 0.2) is 15.6 Å². The molecule has 2 aromatic rings. The highest BCUT2D eigenvalue weighted by Gasteiger charge is 2.17. The van der Waals surface area contributed by atoms with Crippen molar-refractivity contribution in [2.75, 3.05) is 5.75 Å². The maximum Gasteiger partial charge on any atom is 0.185 e. The van der Waals surface area contributed by atoms with Crippen LogP contribution in [-0.4, -0.2) is 20.0 Å². The number of benzene rings is 2. The molecule has 3 nitrogen and oxygen atoms in total. The number of hydrogen-bond donors (Lipinski definition) is 0. The first-order valence-corrected chi connectivity index (χ1v) is 8.18. The maximum atomic E-state index is 12.1. The van der Waals surface area contributed by atoms with Gasteiger partial charge in [-0.2, -0.15) is 0 Å². The van der Waals surface area contributed by atoms with E-state index in [-0.39, 0.29) is 4.90 Å². The molecule has 0 N–H and O–H groups in total. The highest BCUT2D eigenvalue weighted by atomic mass is 32.2. The quantitative estimate of drug-likeness (QED) is 0.797. The molecular weight excluding hydrogens is 284 g/mol. The van der Waals surface area contributed by atoms with Gasteiger partial charge in [-0.15, -0.1) is 0 Å². The van der Waals surface area contributed by atoms with Crippen LogP contribution in [0.15, 0.2) is 65.6 Å². The van der Waals surface area contributed by atoms with Gasteiger partial charge in [0.2, 0.25) is 0 Å². The summed E-state index contributed by atoms with van der Waals surface area (Å²) in [6, 6.07) is 15.8. The Balaban J connectivity index is 2.08. The molecule has 0 fully saturated rings. The molecule has 0 aromatic heterocycles. The van der Waals surface area contributed by atoms with Gasteiger partial charge in [0.05, 0.1) is 4.90 Å². The van der Waals surface area contributed by atoms with Crippen molar-refractivity contribution in [3.8, 4) is 0 Å². The molecule has 108 valence electrons. The zero-order valence-electron chi connectivity index (χ0n) is 11.7. The fraction of sp³-hybridized carbons (Fsp3) is 0.118. The summed E-state index contributed by atoms with van der Waals surface area (Å²) in [5, 5.41) is 0. The van der Waals surface area contributed by atoms with Crippen molar-refractivity contribution in [2.45, 2.75) is 11.8 Å². The first-order valence-electron chi connectivity index (χ1n) is 6.53. The van der Waals surface area contributed by atoms with Crippen molar-refractivity contribution >= 4 is 21.7 Å². The van der Waals surface area contributed by atoms with Gasteiger partial charge in [-0.25, -0.2) is 8.42 Å². The monoisotopic (exact) mass is 300 g/mol. The van der Waals surface area contributed by atoms with Gasteiger partial charge >= 0.3 is 0 Å². The van der Waals surface area contributed by atoms with E-state index in [4.69, 9.17) is 0 Å². The molecule has 0 unspecified atom stereocenters. The highest BCUT2D eigenvalue weighted by molar-refractivity contribution is 7.92. The van der Waals surface area contributed by atoms with E-state index in [9.17, 15) is 13.2 Å². The third kappa shape index (κ3) is 4.39. The van der Waals surface area contributed by atoms with Crippen LogP contribution in [0.5, 0.6) is 0 Å². The van der Waals surface area contributed by atoms with Crippen LogP contribution in [0.25, 0.3) is 6.08 Å². The zero-order chi connectivity index (χ0) is 15.3. The van der Waals surface area contributed by atoms with Crippen molar-refractivity contribution in [3.63, 3.8) is 0 Å². The lowest BCUT2D eigenvalue weighted by atomic mass is 10.2. The second-order valence-corrected chi connectivity index (χ2v) is 6.77. The van der Waals surface area contributed by atoms with Crippen LogP contribution >= 0.6 is 0 Å². The minimum absolute atomic E-state index is 0.176. The van der Waals surface area contributed by atoms with E-state index in [1.165, 1.54) is 18.2 Å². The van der Waals surface area contributed by atoms with Crippen LogP contribution in [0.4, 0.5) is 0 Å². The predicted octanol–water partition coefficient (Wildman–Crippen LogP) is 3.05. The van der Waals surface area contributed by atoms with Crippen molar-refractivity contribution in [2.24, 2.45) is 0 Å². The van der Waals surface area contributed by atoms with E-state index < -0.39 is 21.4 Å². The highest BCUT2D eigenvalue weighted by Crippen LogP contribution is 2.12. The molecule has 0 aliphatic carbocycles. The second-order valence-electron chi connectivity index (χ2n) is 4.78. The molecular formula is C17H16O3S. The summed E-state index contributed by atoms with van der Waals surface area (Å²) in [5.74, 6) is -0.946. The topological polar surface area (TPSA) is 51.2 Å². The maximum absolute atomic E-state index is 12.1. The zero-order valence-corrected chi connectivity index (χ0v) is 12.5. The van der Waals surface area contributed by atoms with E-state index in [0.29, 0.717) is 0 Å². The summed E-state index contributed by atoms with van der Waals surface area (Å²) < 4.78 is 24.2. The number of carbonyl (C=O) groups is 1. The number of aryl methyl sites for hydroxylation is 1. The molecule has 0 bridgehead atoms. The molecule has 2 aromatic carbocycles. The molecule has 0 saturated heterocycles. The Bertz CT molecular complexity index is 742. The molecule has 21 heavy (non-hydrogen) atoms. The Morgan fingerprint density at radius 3 is 2.24 bits per heavy atom. The Morgan fingerprint density at radius 2 is 1.62 bits per heavy atom. The largest absolute Gasteiger partial charge is 0.294 e. The van der Waals surface area contributed by atoms with Crippen LogP contribution < -0.4 is 0 Å². The number of allylic oxidation sites excluding steroid dienone is 1. The van der Waals surface area contributed by atoms with Gasteiger partial charge in [0.25, 0.3) is 0 Å². The number of sulfone groups is 1. The number of carbonyl (C=O) groups excluding carboxylic acids is 1. The van der Waals surface area contributed by atoms with E-state index in [0.717, 1.165) is 11.1 Å². The Morgan fingerprint density at radius 1 is 1.00 bits per heavy atom. The van der Waals surface area contributed by atoms with Gasteiger partial charge in [0, 0.05) is 0 Å². The molecule has 0 atom stereocenters. The molecule has 0 spiro atoms. The van der Waals surface area contributed by atoms with Gasteiger partial charge < -0.3 is 0 Å². The molecule has 0 aliphatic heterocycles. The lowest BCUT2D eigenvalue weighted by Crippen LogP contribution is -2.14. The van der Waals surface area contributed by atoms with Crippen LogP contribution in [0.1, 0.15) is 11.1 Å². The smallest absolute Gasteiger partial charge is 0.185 e. The van der Waals surface area contributed by atoms with E-state index in [1.807, 2.05) is 37.3 Å². The second kappa shape index (κ2) is 6.50. The van der Waals surface area contributed by atoms with Crippen LogP contribution in [0, 0.1) is 6.92 Å². The van der Waals surface area contributed by atoms with E-state index >= 15 is 0 Å². The molecule has 2 rings (SSSR count). The van der Waals surface area contributed by atoms with Crippen LogP contribution in [0.3, 0.4) is 0 Å². The third-order valence-corrected chi connectivity index (χ3v) is 4.63. The lowest BCUT2D eigenvalue weighted by Gasteiger charge is -2.02.